The maximum Gasteiger partial charge on any atom is 0.306 e. The number of allylic oxidation sites excluding steroid dienone is 2. The molecule has 0 fully saturated rings. The average Bonchev–Trinajstić information content (AvgIpc) is 2.67. The van der Waals surface area contributed by atoms with Crippen LogP contribution in [0.2, 0.25) is 0 Å². The molecule has 0 bridgehead atoms. The van der Waals surface area contributed by atoms with Gasteiger partial charge in [-0.3, -0.25) is 4.79 Å². The molecule has 4 unspecified atom stereocenters. The highest BCUT2D eigenvalue weighted by Gasteiger charge is 2.18. The van der Waals surface area contributed by atoms with Gasteiger partial charge >= 0.3 is 5.97 Å². The monoisotopic (exact) mass is 422 g/mol. The molecule has 0 rings (SSSR count). The van der Waals surface area contributed by atoms with Crippen molar-refractivity contribution >= 4 is 5.97 Å². The minimum absolute atomic E-state index is 0.212. The molecular formula is C28H54O2. The van der Waals surface area contributed by atoms with Gasteiger partial charge in [-0.05, 0) is 62.7 Å². The summed E-state index contributed by atoms with van der Waals surface area (Å²) in [7, 11) is 0. The van der Waals surface area contributed by atoms with Crippen LogP contribution in [0.4, 0.5) is 0 Å². The molecule has 0 aromatic rings. The second kappa shape index (κ2) is 20.1. The summed E-state index contributed by atoms with van der Waals surface area (Å²) in [4.78, 5) is 11.0. The molecule has 1 N–H and O–H groups in total. The lowest BCUT2D eigenvalue weighted by atomic mass is 9.84. The molecule has 0 heterocycles. The Hall–Kier alpha value is -0.790. The van der Waals surface area contributed by atoms with E-state index >= 15 is 0 Å². The predicted octanol–water partition coefficient (Wildman–Crippen LogP) is 9.43. The first-order chi connectivity index (χ1) is 14.4. The molecule has 0 saturated carbocycles. The zero-order valence-electron chi connectivity index (χ0n) is 21.1. The summed E-state index contributed by atoms with van der Waals surface area (Å²) in [6, 6.07) is 0. The zero-order valence-corrected chi connectivity index (χ0v) is 21.1. The molecular weight excluding hydrogens is 368 g/mol. The van der Waals surface area contributed by atoms with E-state index in [0.29, 0.717) is 11.8 Å². The van der Waals surface area contributed by atoms with Gasteiger partial charge in [-0.1, -0.05) is 105 Å². The lowest BCUT2D eigenvalue weighted by Gasteiger charge is -2.21. The van der Waals surface area contributed by atoms with Gasteiger partial charge in [0.25, 0.3) is 0 Å². The summed E-state index contributed by atoms with van der Waals surface area (Å²) in [5.41, 5.74) is 0. The van der Waals surface area contributed by atoms with Gasteiger partial charge in [0.05, 0.1) is 5.92 Å². The van der Waals surface area contributed by atoms with Crippen molar-refractivity contribution in [2.75, 3.05) is 0 Å². The summed E-state index contributed by atoms with van der Waals surface area (Å²) in [5, 5.41) is 9.06. The number of carboxylic acid groups (broad SMARTS) is 1. The Bertz CT molecular complexity index is 415. The van der Waals surface area contributed by atoms with Gasteiger partial charge in [0.1, 0.15) is 0 Å². The van der Waals surface area contributed by atoms with E-state index in [9.17, 15) is 4.79 Å². The fourth-order valence-corrected chi connectivity index (χ4v) is 4.78. The van der Waals surface area contributed by atoms with E-state index in [2.05, 4.69) is 39.8 Å². The first-order valence-electron chi connectivity index (χ1n) is 13.2. The molecule has 4 atom stereocenters. The van der Waals surface area contributed by atoms with E-state index < -0.39 is 5.97 Å². The Labute approximate surface area is 189 Å². The number of unbranched alkanes of at least 4 members (excludes halogenated alkanes) is 10. The van der Waals surface area contributed by atoms with Crippen LogP contribution in [0, 0.1) is 23.7 Å². The van der Waals surface area contributed by atoms with Gasteiger partial charge in [-0.25, -0.2) is 0 Å². The Balaban J connectivity index is 3.53. The van der Waals surface area contributed by atoms with Crippen molar-refractivity contribution in [3.63, 3.8) is 0 Å². The predicted molar refractivity (Wildman–Crippen MR) is 133 cm³/mol. The Morgan fingerprint density at radius 1 is 0.667 bits per heavy atom. The fourth-order valence-electron chi connectivity index (χ4n) is 4.78. The van der Waals surface area contributed by atoms with E-state index in [0.717, 1.165) is 18.8 Å². The molecule has 2 heteroatoms. The summed E-state index contributed by atoms with van der Waals surface area (Å²) >= 11 is 0. The first-order valence-corrected chi connectivity index (χ1v) is 13.2. The second-order valence-electron chi connectivity index (χ2n) is 10.3. The molecule has 0 aliphatic heterocycles. The quantitative estimate of drug-likeness (QED) is 0.148. The molecule has 0 aromatic heterocycles. The van der Waals surface area contributed by atoms with Crippen molar-refractivity contribution in [2.45, 2.75) is 137 Å². The number of rotatable bonds is 21. The van der Waals surface area contributed by atoms with Crippen LogP contribution >= 0.6 is 0 Å². The van der Waals surface area contributed by atoms with Crippen molar-refractivity contribution in [1.29, 1.82) is 0 Å². The van der Waals surface area contributed by atoms with Crippen LogP contribution in [0.5, 0.6) is 0 Å². The van der Waals surface area contributed by atoms with Gasteiger partial charge in [-0.2, -0.15) is 0 Å². The number of aliphatic carboxylic acids is 1. The maximum atomic E-state index is 11.0. The van der Waals surface area contributed by atoms with Crippen LogP contribution < -0.4 is 0 Å². The van der Waals surface area contributed by atoms with E-state index in [1.807, 2.05) is 6.92 Å². The van der Waals surface area contributed by atoms with Gasteiger partial charge in [0.15, 0.2) is 0 Å². The van der Waals surface area contributed by atoms with E-state index in [-0.39, 0.29) is 5.92 Å². The molecule has 0 aromatic carbocycles. The minimum atomic E-state index is -0.655. The molecule has 30 heavy (non-hydrogen) atoms. The molecule has 0 radical (unpaired) electrons. The van der Waals surface area contributed by atoms with Crippen LogP contribution in [0.1, 0.15) is 137 Å². The van der Waals surface area contributed by atoms with Gasteiger partial charge in [0.2, 0.25) is 0 Å². The fraction of sp³-hybridized carbons (Fsp3) is 0.893. The van der Waals surface area contributed by atoms with Crippen LogP contribution in [0.15, 0.2) is 12.2 Å². The van der Waals surface area contributed by atoms with Crippen molar-refractivity contribution in [1.82, 2.24) is 0 Å². The van der Waals surface area contributed by atoms with Crippen LogP contribution in [-0.4, -0.2) is 11.1 Å². The summed E-state index contributed by atoms with van der Waals surface area (Å²) in [6.45, 7) is 11.1. The highest BCUT2D eigenvalue weighted by atomic mass is 16.4. The van der Waals surface area contributed by atoms with Crippen molar-refractivity contribution in [2.24, 2.45) is 23.7 Å². The summed E-state index contributed by atoms with van der Waals surface area (Å²) in [5.74, 6) is 1.14. The third-order valence-electron chi connectivity index (χ3n) is 6.50. The maximum absolute atomic E-state index is 11.0. The normalized spacial score (nSPS) is 15.9. The first kappa shape index (κ1) is 29.2. The van der Waals surface area contributed by atoms with Crippen LogP contribution in [-0.2, 0) is 4.79 Å². The molecule has 0 spiro atoms. The van der Waals surface area contributed by atoms with Gasteiger partial charge in [-0.15, -0.1) is 0 Å². The van der Waals surface area contributed by atoms with Gasteiger partial charge in [0, 0.05) is 0 Å². The standard InChI is InChI=1S/C28H54O2/c1-6-7-8-9-10-11-12-13-14-15-16-17-18-19-20-24(2)21-25(3)22-26(4)23-27(5)28(29)30/h11-12,24-27H,6-10,13-23H2,1-5H3,(H,29,30). The summed E-state index contributed by atoms with van der Waals surface area (Å²) < 4.78 is 0. The van der Waals surface area contributed by atoms with E-state index in [4.69, 9.17) is 5.11 Å². The zero-order chi connectivity index (χ0) is 22.6. The molecule has 0 aliphatic carbocycles. The average molecular weight is 423 g/mol. The molecule has 0 aliphatic rings. The SMILES string of the molecule is CCCCCCC=CCCCCCCCCC(C)CC(C)CC(C)CC(C)C(=O)O. The number of hydrogen-bond acceptors (Lipinski definition) is 1. The lowest BCUT2D eigenvalue weighted by Crippen LogP contribution is -2.15. The van der Waals surface area contributed by atoms with E-state index in [1.54, 1.807) is 0 Å². The molecule has 2 nitrogen and oxygen atoms in total. The van der Waals surface area contributed by atoms with E-state index in [1.165, 1.54) is 89.9 Å². The largest absolute Gasteiger partial charge is 0.481 e. The number of hydrogen-bond donors (Lipinski definition) is 1. The lowest BCUT2D eigenvalue weighted by molar-refractivity contribution is -0.141. The van der Waals surface area contributed by atoms with Crippen molar-refractivity contribution in [3.05, 3.63) is 12.2 Å². The molecule has 0 amide bonds. The van der Waals surface area contributed by atoms with Crippen molar-refractivity contribution in [3.8, 4) is 0 Å². The Morgan fingerprint density at radius 3 is 1.70 bits per heavy atom. The van der Waals surface area contributed by atoms with Crippen LogP contribution in [0.25, 0.3) is 0 Å². The number of carboxylic acids is 1. The smallest absolute Gasteiger partial charge is 0.306 e. The highest BCUT2D eigenvalue weighted by molar-refractivity contribution is 5.69. The third kappa shape index (κ3) is 19.2. The highest BCUT2D eigenvalue weighted by Crippen LogP contribution is 2.26. The van der Waals surface area contributed by atoms with Crippen LogP contribution in [0.3, 0.4) is 0 Å². The van der Waals surface area contributed by atoms with Crippen molar-refractivity contribution < 1.29 is 9.90 Å². The minimum Gasteiger partial charge on any atom is -0.481 e. The summed E-state index contributed by atoms with van der Waals surface area (Å²) in [6.07, 6.45) is 25.7. The Morgan fingerprint density at radius 2 is 1.13 bits per heavy atom. The Kier molecular flexibility index (Phi) is 19.6. The topological polar surface area (TPSA) is 37.3 Å². The van der Waals surface area contributed by atoms with Gasteiger partial charge < -0.3 is 5.11 Å². The molecule has 0 saturated heterocycles. The second-order valence-corrected chi connectivity index (χ2v) is 10.3. The number of carbonyl (C=O) groups is 1. The molecule has 178 valence electrons. The third-order valence-corrected chi connectivity index (χ3v) is 6.50.